The molecule has 0 aliphatic heterocycles. The molecule has 1 aromatic heterocycles. The summed E-state index contributed by atoms with van der Waals surface area (Å²) >= 11 is 0. The molecule has 1 heterocycles. The maximum atomic E-state index is 12.1. The number of aromatic nitrogens is 2. The number of hydrogen-bond donors (Lipinski definition) is 2. The van der Waals surface area contributed by atoms with Crippen molar-refractivity contribution in [3.05, 3.63) is 46.8 Å². The molecule has 0 fully saturated rings. The zero-order valence-corrected chi connectivity index (χ0v) is 12.5. The lowest BCUT2D eigenvalue weighted by molar-refractivity contribution is -0.385. The van der Waals surface area contributed by atoms with Crippen molar-refractivity contribution in [1.29, 1.82) is 0 Å². The van der Waals surface area contributed by atoms with Gasteiger partial charge in [0.1, 0.15) is 18.4 Å². The van der Waals surface area contributed by atoms with Gasteiger partial charge in [0.15, 0.2) is 0 Å². The van der Waals surface area contributed by atoms with Gasteiger partial charge in [0.2, 0.25) is 11.8 Å². The average Bonchev–Trinajstić information content (AvgIpc) is 2.98. The van der Waals surface area contributed by atoms with Crippen molar-refractivity contribution in [3.8, 4) is 0 Å². The fourth-order valence-corrected chi connectivity index (χ4v) is 1.84. The van der Waals surface area contributed by atoms with E-state index in [9.17, 15) is 19.7 Å². The molecule has 23 heavy (non-hydrogen) atoms. The summed E-state index contributed by atoms with van der Waals surface area (Å²) < 4.78 is 1.22. The monoisotopic (exact) mass is 317 g/mol. The number of carbonyl (C=O) groups excluding carboxylic acids is 2. The minimum atomic E-state index is -0.710. The summed E-state index contributed by atoms with van der Waals surface area (Å²) in [5.74, 6) is -0.550. The molecule has 9 heteroatoms. The Bertz CT molecular complexity index is 738. The van der Waals surface area contributed by atoms with E-state index in [4.69, 9.17) is 0 Å². The Hall–Kier alpha value is -3.23. The molecule has 2 rings (SSSR count). The minimum Gasteiger partial charge on any atom is -0.326 e. The number of nitrogens with one attached hydrogen (secondary N) is 2. The van der Waals surface area contributed by atoms with Crippen molar-refractivity contribution in [2.75, 3.05) is 10.6 Å². The smallest absolute Gasteiger partial charge is 0.307 e. The van der Waals surface area contributed by atoms with Gasteiger partial charge in [-0.3, -0.25) is 24.4 Å². The van der Waals surface area contributed by atoms with Crippen molar-refractivity contribution >= 4 is 28.9 Å². The van der Waals surface area contributed by atoms with Crippen LogP contribution in [0.25, 0.3) is 0 Å². The molecule has 0 aliphatic rings. The third-order valence-electron chi connectivity index (χ3n) is 3.05. The largest absolute Gasteiger partial charge is 0.326 e. The van der Waals surface area contributed by atoms with Crippen molar-refractivity contribution in [2.24, 2.45) is 0 Å². The van der Waals surface area contributed by atoms with Crippen molar-refractivity contribution in [3.63, 3.8) is 0 Å². The number of hydrogen-bond acceptors (Lipinski definition) is 5. The molecular weight excluding hydrogens is 302 g/mol. The van der Waals surface area contributed by atoms with E-state index < -0.39 is 11.0 Å². The van der Waals surface area contributed by atoms with Gasteiger partial charge in [-0.05, 0) is 31.2 Å². The van der Waals surface area contributed by atoms with Gasteiger partial charge in [0.25, 0.3) is 0 Å². The lowest BCUT2D eigenvalue weighted by Gasteiger charge is -2.12. The van der Waals surface area contributed by atoms with E-state index in [0.717, 1.165) is 6.20 Å². The molecule has 1 aromatic carbocycles. The van der Waals surface area contributed by atoms with E-state index in [1.165, 1.54) is 17.8 Å². The first kappa shape index (κ1) is 16.1. The Morgan fingerprint density at radius 1 is 1.22 bits per heavy atom. The minimum absolute atomic E-state index is 0.177. The molecule has 0 bridgehead atoms. The standard InChI is InChI=1S/C14H15N5O4/c1-9(18-8-13(7-15-18)19(22)23)14(21)17-12-5-3-11(4-6-12)16-10(2)20/h3-9H,1-2H3,(H,16,20)(H,17,21)/t9-/m0/s1. The Morgan fingerprint density at radius 2 is 1.78 bits per heavy atom. The van der Waals surface area contributed by atoms with Crippen molar-refractivity contribution in [1.82, 2.24) is 9.78 Å². The second-order valence-corrected chi connectivity index (χ2v) is 4.86. The number of benzene rings is 1. The molecule has 2 aromatic rings. The van der Waals surface area contributed by atoms with E-state index in [1.807, 2.05) is 0 Å². The van der Waals surface area contributed by atoms with Crippen molar-refractivity contribution < 1.29 is 14.5 Å². The normalized spacial score (nSPS) is 11.6. The highest BCUT2D eigenvalue weighted by atomic mass is 16.6. The molecule has 0 saturated heterocycles. The first-order valence-corrected chi connectivity index (χ1v) is 6.74. The Balaban J connectivity index is 2.02. The summed E-state index contributed by atoms with van der Waals surface area (Å²) in [5, 5.41) is 19.7. The second kappa shape index (κ2) is 6.69. The van der Waals surface area contributed by atoms with Crippen LogP contribution < -0.4 is 10.6 Å². The maximum absolute atomic E-state index is 12.1. The summed E-state index contributed by atoms with van der Waals surface area (Å²) in [7, 11) is 0. The summed E-state index contributed by atoms with van der Waals surface area (Å²) in [4.78, 5) is 33.1. The molecule has 0 aliphatic carbocycles. The average molecular weight is 317 g/mol. The van der Waals surface area contributed by atoms with Crippen LogP contribution in [-0.2, 0) is 9.59 Å². The van der Waals surface area contributed by atoms with Gasteiger partial charge in [-0.2, -0.15) is 5.10 Å². The maximum Gasteiger partial charge on any atom is 0.307 e. The molecule has 0 radical (unpaired) electrons. The van der Waals surface area contributed by atoms with Crippen LogP contribution in [0.4, 0.5) is 17.1 Å². The van der Waals surface area contributed by atoms with Gasteiger partial charge in [-0.15, -0.1) is 0 Å². The van der Waals surface area contributed by atoms with Gasteiger partial charge in [0, 0.05) is 18.3 Å². The molecule has 1 atom stereocenters. The van der Waals surface area contributed by atoms with Crippen LogP contribution in [0.1, 0.15) is 19.9 Å². The quantitative estimate of drug-likeness (QED) is 0.645. The Morgan fingerprint density at radius 3 is 2.26 bits per heavy atom. The van der Waals surface area contributed by atoms with Gasteiger partial charge in [-0.1, -0.05) is 0 Å². The van der Waals surface area contributed by atoms with E-state index in [1.54, 1.807) is 31.2 Å². The number of anilines is 2. The van der Waals surface area contributed by atoms with E-state index >= 15 is 0 Å². The van der Waals surface area contributed by atoms with Gasteiger partial charge < -0.3 is 10.6 Å². The molecule has 2 amide bonds. The zero-order chi connectivity index (χ0) is 17.0. The van der Waals surface area contributed by atoms with E-state index in [0.29, 0.717) is 11.4 Å². The number of carbonyl (C=O) groups is 2. The summed E-state index contributed by atoms with van der Waals surface area (Å²) in [6, 6.07) is 5.88. The third-order valence-corrected chi connectivity index (χ3v) is 3.05. The highest BCUT2D eigenvalue weighted by Gasteiger charge is 2.19. The molecule has 120 valence electrons. The molecule has 0 spiro atoms. The van der Waals surface area contributed by atoms with E-state index in [-0.39, 0.29) is 17.5 Å². The zero-order valence-electron chi connectivity index (χ0n) is 12.5. The first-order valence-electron chi connectivity index (χ1n) is 6.74. The van der Waals surface area contributed by atoms with Crippen LogP contribution in [0.2, 0.25) is 0 Å². The third kappa shape index (κ3) is 4.13. The molecule has 9 nitrogen and oxygen atoms in total. The first-order chi connectivity index (χ1) is 10.9. The highest BCUT2D eigenvalue weighted by Crippen LogP contribution is 2.17. The summed E-state index contributed by atoms with van der Waals surface area (Å²) in [6.45, 7) is 2.98. The van der Waals surface area contributed by atoms with Gasteiger partial charge >= 0.3 is 5.69 Å². The molecule has 0 saturated carbocycles. The summed E-state index contributed by atoms with van der Waals surface area (Å²) in [5.41, 5.74) is 0.980. The fourth-order valence-electron chi connectivity index (χ4n) is 1.84. The molecular formula is C14H15N5O4. The number of nitro groups is 1. The SMILES string of the molecule is CC(=O)Nc1ccc(NC(=O)[C@H](C)n2cc([N+](=O)[O-])cn2)cc1. The van der Waals surface area contributed by atoms with Crippen LogP contribution >= 0.6 is 0 Å². The van der Waals surface area contributed by atoms with Gasteiger partial charge in [-0.25, -0.2) is 0 Å². The number of rotatable bonds is 5. The van der Waals surface area contributed by atoms with E-state index in [2.05, 4.69) is 15.7 Å². The van der Waals surface area contributed by atoms with Crippen LogP contribution in [0.3, 0.4) is 0 Å². The fraction of sp³-hybridized carbons (Fsp3) is 0.214. The molecule has 0 unspecified atom stereocenters. The van der Waals surface area contributed by atoms with Crippen LogP contribution in [0, 0.1) is 10.1 Å². The number of nitrogens with zero attached hydrogens (tertiary/aromatic N) is 3. The Labute approximate surface area is 131 Å². The second-order valence-electron chi connectivity index (χ2n) is 4.86. The number of amides is 2. The summed E-state index contributed by atoms with van der Waals surface area (Å²) in [6.07, 6.45) is 2.29. The van der Waals surface area contributed by atoms with Crippen LogP contribution in [0.5, 0.6) is 0 Å². The van der Waals surface area contributed by atoms with Gasteiger partial charge in [0.05, 0.1) is 4.92 Å². The lowest BCUT2D eigenvalue weighted by Crippen LogP contribution is -2.24. The topological polar surface area (TPSA) is 119 Å². The highest BCUT2D eigenvalue weighted by molar-refractivity contribution is 5.94. The predicted octanol–water partition coefficient (Wildman–Crippen LogP) is 1.95. The van der Waals surface area contributed by atoms with Crippen LogP contribution in [0.15, 0.2) is 36.7 Å². The van der Waals surface area contributed by atoms with Crippen molar-refractivity contribution in [2.45, 2.75) is 19.9 Å². The van der Waals surface area contributed by atoms with Crippen LogP contribution in [-0.4, -0.2) is 26.5 Å². The predicted molar refractivity (Wildman–Crippen MR) is 83.0 cm³/mol. The Kier molecular flexibility index (Phi) is 4.69. The lowest BCUT2D eigenvalue weighted by atomic mass is 10.2. The molecule has 2 N–H and O–H groups in total.